The Morgan fingerprint density at radius 2 is 2.05 bits per heavy atom. The van der Waals surface area contributed by atoms with E-state index in [4.69, 9.17) is 9.47 Å². The molecule has 0 amide bonds. The number of nitrogens with zero attached hydrogens (tertiary/aromatic N) is 2. The van der Waals surface area contributed by atoms with E-state index < -0.39 is 0 Å². The molecule has 0 unspecified atom stereocenters. The van der Waals surface area contributed by atoms with Gasteiger partial charge in [0, 0.05) is 6.20 Å². The molecule has 3 rings (SSSR count). The largest absolute Gasteiger partial charge is 0.350 e. The molecule has 1 aliphatic heterocycles. The van der Waals surface area contributed by atoms with Crippen molar-refractivity contribution in [2.75, 3.05) is 13.2 Å². The summed E-state index contributed by atoms with van der Waals surface area (Å²) in [4.78, 5) is 11.9. The van der Waals surface area contributed by atoms with E-state index in [0.29, 0.717) is 32.1 Å². The maximum Gasteiger partial charge on any atom is 0.164 e. The topological polar surface area (TPSA) is 53.4 Å². The van der Waals surface area contributed by atoms with Crippen LogP contribution in [0.25, 0.3) is 0 Å². The summed E-state index contributed by atoms with van der Waals surface area (Å²) < 4.78 is 12.6. The highest BCUT2D eigenvalue weighted by Crippen LogP contribution is 2.28. The summed E-state index contributed by atoms with van der Waals surface area (Å²) in [5.74, 6) is 0.128. The first-order valence-corrected chi connectivity index (χ1v) is 7.10. The molecular weight excluding hydrogens is 244 g/mol. The predicted octanol–water partition coefficient (Wildman–Crippen LogP) is 1.87. The lowest BCUT2D eigenvalue weighted by atomic mass is 10.1. The fourth-order valence-electron chi connectivity index (χ4n) is 2.83. The molecule has 104 valence electrons. The number of hydrogen-bond donors (Lipinski definition) is 0. The van der Waals surface area contributed by atoms with Gasteiger partial charge in [-0.2, -0.15) is 5.10 Å². The molecule has 5 heteroatoms. The van der Waals surface area contributed by atoms with E-state index in [1.165, 1.54) is 25.7 Å². The summed E-state index contributed by atoms with van der Waals surface area (Å²) in [6, 6.07) is 2.48. The zero-order chi connectivity index (χ0) is 13.1. The van der Waals surface area contributed by atoms with Crippen LogP contribution in [-0.4, -0.2) is 35.1 Å². The minimum atomic E-state index is -0.343. The van der Waals surface area contributed by atoms with E-state index in [9.17, 15) is 4.79 Å². The van der Waals surface area contributed by atoms with Crippen LogP contribution in [0.5, 0.6) is 0 Å². The minimum absolute atomic E-state index is 0.128. The predicted molar refractivity (Wildman–Crippen MR) is 68.8 cm³/mol. The summed E-state index contributed by atoms with van der Waals surface area (Å²) in [7, 11) is 0. The molecule has 1 saturated heterocycles. The number of ketones is 1. The molecule has 1 saturated carbocycles. The Bertz CT molecular complexity index is 432. The lowest BCUT2D eigenvalue weighted by Gasteiger charge is -2.09. The van der Waals surface area contributed by atoms with Crippen LogP contribution in [0.4, 0.5) is 0 Å². The van der Waals surface area contributed by atoms with E-state index in [1.807, 2.05) is 16.9 Å². The van der Waals surface area contributed by atoms with E-state index >= 15 is 0 Å². The van der Waals surface area contributed by atoms with Gasteiger partial charge in [-0.25, -0.2) is 0 Å². The fourth-order valence-corrected chi connectivity index (χ4v) is 2.83. The van der Waals surface area contributed by atoms with Crippen LogP contribution in [0.1, 0.15) is 43.8 Å². The summed E-state index contributed by atoms with van der Waals surface area (Å²) >= 11 is 0. The van der Waals surface area contributed by atoms with Crippen molar-refractivity contribution < 1.29 is 14.3 Å². The average Bonchev–Trinajstić information content (AvgIpc) is 3.09. The van der Waals surface area contributed by atoms with Gasteiger partial charge in [0.05, 0.1) is 37.8 Å². The highest BCUT2D eigenvalue weighted by Gasteiger charge is 2.21. The van der Waals surface area contributed by atoms with Crippen molar-refractivity contribution >= 4 is 5.78 Å². The van der Waals surface area contributed by atoms with Crippen LogP contribution in [0.15, 0.2) is 12.3 Å². The molecule has 1 aliphatic carbocycles. The lowest BCUT2D eigenvalue weighted by Crippen LogP contribution is -2.16. The Morgan fingerprint density at radius 1 is 1.32 bits per heavy atom. The van der Waals surface area contributed by atoms with Crippen molar-refractivity contribution in [3.8, 4) is 0 Å². The molecule has 2 fully saturated rings. The Morgan fingerprint density at radius 3 is 2.79 bits per heavy atom. The molecule has 0 aromatic carbocycles. The van der Waals surface area contributed by atoms with E-state index in [1.54, 1.807) is 0 Å². The summed E-state index contributed by atoms with van der Waals surface area (Å²) in [5, 5.41) is 4.52. The zero-order valence-corrected chi connectivity index (χ0v) is 11.1. The number of aromatic nitrogens is 2. The summed E-state index contributed by atoms with van der Waals surface area (Å²) in [5.41, 5.74) is 0.856. The molecular formula is C14H20N2O3. The van der Waals surface area contributed by atoms with Crippen LogP contribution < -0.4 is 0 Å². The monoisotopic (exact) mass is 264 g/mol. The van der Waals surface area contributed by atoms with Gasteiger partial charge in [0.1, 0.15) is 5.78 Å². The van der Waals surface area contributed by atoms with Crippen LogP contribution in [-0.2, 0) is 20.7 Å². The van der Waals surface area contributed by atoms with E-state index in [0.717, 1.165) is 5.69 Å². The molecule has 0 bridgehead atoms. The molecule has 1 aromatic heterocycles. The molecule has 2 aliphatic rings. The third-order valence-corrected chi connectivity index (χ3v) is 3.83. The number of carbonyl (C=O) groups is 1. The zero-order valence-electron chi connectivity index (χ0n) is 11.1. The second-order valence-electron chi connectivity index (χ2n) is 5.32. The molecule has 19 heavy (non-hydrogen) atoms. The smallest absolute Gasteiger partial charge is 0.164 e. The van der Waals surface area contributed by atoms with Crippen LogP contribution in [0, 0.1) is 0 Å². The second kappa shape index (κ2) is 5.84. The summed E-state index contributed by atoms with van der Waals surface area (Å²) in [6.07, 6.45) is 7.35. The lowest BCUT2D eigenvalue weighted by molar-refractivity contribution is -0.126. The molecule has 2 heterocycles. The Hall–Kier alpha value is -1.20. The number of rotatable bonds is 5. The fraction of sp³-hybridized carbons (Fsp3) is 0.714. The van der Waals surface area contributed by atoms with Crippen molar-refractivity contribution in [3.05, 3.63) is 18.0 Å². The van der Waals surface area contributed by atoms with E-state index in [2.05, 4.69) is 5.10 Å². The third-order valence-electron chi connectivity index (χ3n) is 3.83. The maximum atomic E-state index is 11.9. The molecule has 5 nitrogen and oxygen atoms in total. The standard InChI is InChI=1S/C14H20N2O3/c17-13(10-14-18-7-8-19-14)9-11-5-6-16(15-11)12-3-1-2-4-12/h5-6,12,14H,1-4,7-10H2. The quantitative estimate of drug-likeness (QED) is 0.814. The highest BCUT2D eigenvalue weighted by molar-refractivity contribution is 5.80. The Balaban J connectivity index is 1.52. The van der Waals surface area contributed by atoms with Gasteiger partial charge in [0.2, 0.25) is 0 Å². The first-order valence-electron chi connectivity index (χ1n) is 7.10. The molecule has 0 atom stereocenters. The first kappa shape index (κ1) is 12.8. The van der Waals surface area contributed by atoms with Gasteiger partial charge >= 0.3 is 0 Å². The van der Waals surface area contributed by atoms with Crippen molar-refractivity contribution in [1.29, 1.82) is 0 Å². The number of hydrogen-bond acceptors (Lipinski definition) is 4. The van der Waals surface area contributed by atoms with Gasteiger partial charge in [-0.1, -0.05) is 12.8 Å². The number of ether oxygens (including phenoxy) is 2. The van der Waals surface area contributed by atoms with Gasteiger partial charge in [0.25, 0.3) is 0 Å². The third kappa shape index (κ3) is 3.22. The highest BCUT2D eigenvalue weighted by atomic mass is 16.7. The molecule has 0 N–H and O–H groups in total. The second-order valence-corrected chi connectivity index (χ2v) is 5.32. The average molecular weight is 264 g/mol. The van der Waals surface area contributed by atoms with Gasteiger partial charge in [0.15, 0.2) is 6.29 Å². The van der Waals surface area contributed by atoms with Gasteiger partial charge in [-0.3, -0.25) is 9.48 Å². The van der Waals surface area contributed by atoms with Crippen molar-refractivity contribution in [3.63, 3.8) is 0 Å². The number of Topliss-reactive ketones (excluding diaryl/α,β-unsaturated/α-hetero) is 1. The van der Waals surface area contributed by atoms with Gasteiger partial charge in [-0.05, 0) is 18.9 Å². The maximum absolute atomic E-state index is 11.9. The SMILES string of the molecule is O=C(Cc1ccn(C2CCCC2)n1)CC1OCCO1. The van der Waals surface area contributed by atoms with Gasteiger partial charge in [-0.15, -0.1) is 0 Å². The Kier molecular flexibility index (Phi) is 3.94. The van der Waals surface area contributed by atoms with Crippen LogP contribution >= 0.6 is 0 Å². The summed E-state index contributed by atoms with van der Waals surface area (Å²) in [6.45, 7) is 1.18. The van der Waals surface area contributed by atoms with Crippen LogP contribution in [0.3, 0.4) is 0 Å². The van der Waals surface area contributed by atoms with Crippen molar-refractivity contribution in [1.82, 2.24) is 9.78 Å². The van der Waals surface area contributed by atoms with Crippen molar-refractivity contribution in [2.45, 2.75) is 50.9 Å². The minimum Gasteiger partial charge on any atom is -0.350 e. The van der Waals surface area contributed by atoms with Crippen LogP contribution in [0.2, 0.25) is 0 Å². The molecule has 0 radical (unpaired) electrons. The van der Waals surface area contributed by atoms with Gasteiger partial charge < -0.3 is 9.47 Å². The number of carbonyl (C=O) groups excluding carboxylic acids is 1. The normalized spacial score (nSPS) is 21.3. The van der Waals surface area contributed by atoms with E-state index in [-0.39, 0.29) is 12.1 Å². The van der Waals surface area contributed by atoms with Crippen molar-refractivity contribution in [2.24, 2.45) is 0 Å². The molecule has 1 aromatic rings. The molecule has 0 spiro atoms. The first-order chi connectivity index (χ1) is 9.31. The Labute approximate surface area is 112 Å².